The van der Waals surface area contributed by atoms with Gasteiger partial charge in [-0.2, -0.15) is 0 Å². The molecule has 0 aromatic carbocycles. The second-order valence-corrected chi connectivity index (χ2v) is 3.62. The average Bonchev–Trinajstić information content (AvgIpc) is 2.00. The van der Waals surface area contributed by atoms with Gasteiger partial charge in [0.2, 0.25) is 0 Å². The maximum absolute atomic E-state index is 10.8. The molecule has 0 atom stereocenters. The molecule has 0 aliphatic carbocycles. The lowest BCUT2D eigenvalue weighted by Crippen LogP contribution is -2.44. The Morgan fingerprint density at radius 1 is 1.58 bits per heavy atom. The first-order valence-corrected chi connectivity index (χ1v) is 4.06. The highest BCUT2D eigenvalue weighted by Crippen LogP contribution is 2.12. The molecular weight excluding hydrogens is 174 g/mol. The third kappa shape index (κ3) is 3.52. The van der Waals surface area contributed by atoms with Gasteiger partial charge in [0.1, 0.15) is 0 Å². The third-order valence-electron chi connectivity index (χ3n) is 1.58. The fraction of sp³-hybridized carbons (Fsp3) is 0.714. The van der Waals surface area contributed by atoms with Crippen LogP contribution in [0.5, 0.6) is 0 Å². The summed E-state index contributed by atoms with van der Waals surface area (Å²) in [6.07, 6.45) is 0. The van der Waals surface area contributed by atoms with Crippen LogP contribution in [0, 0.1) is 5.41 Å². The highest BCUT2D eigenvalue weighted by Gasteiger charge is 2.21. The molecule has 0 saturated carbocycles. The summed E-state index contributed by atoms with van der Waals surface area (Å²) in [5, 5.41) is 5.08. The first-order chi connectivity index (χ1) is 5.40. The van der Waals surface area contributed by atoms with Crippen molar-refractivity contribution >= 4 is 23.2 Å². The minimum Gasteiger partial charge on any atom is -0.393 e. The van der Waals surface area contributed by atoms with Crippen LogP contribution in [0.2, 0.25) is 0 Å². The second-order valence-electron chi connectivity index (χ2n) is 3.18. The maximum atomic E-state index is 10.8. The number of carbonyl (C=O) groups excluding carboxylic acids is 1. The standard InChI is InChI=1S/C7H15N3OS/c1-7(2,5(8)12)4-10-6(11)9-3/h4H2,1-3H3,(H2,8,12)(H2,9,10,11). The van der Waals surface area contributed by atoms with Crippen molar-refractivity contribution in [2.24, 2.45) is 11.1 Å². The van der Waals surface area contributed by atoms with Crippen LogP contribution in [0.3, 0.4) is 0 Å². The van der Waals surface area contributed by atoms with E-state index < -0.39 is 0 Å². The molecule has 0 spiro atoms. The minimum absolute atomic E-state index is 0.223. The summed E-state index contributed by atoms with van der Waals surface area (Å²) < 4.78 is 0. The molecule has 0 heterocycles. The monoisotopic (exact) mass is 189 g/mol. The molecule has 0 aliphatic rings. The summed E-state index contributed by atoms with van der Waals surface area (Å²) in [6.45, 7) is 4.21. The fourth-order valence-corrected chi connectivity index (χ4v) is 0.549. The number of nitrogens with one attached hydrogen (secondary N) is 2. The quantitative estimate of drug-likeness (QED) is 0.557. The molecule has 0 aromatic heterocycles. The molecule has 0 radical (unpaired) electrons. The zero-order valence-corrected chi connectivity index (χ0v) is 8.42. The van der Waals surface area contributed by atoms with Gasteiger partial charge in [-0.25, -0.2) is 4.79 Å². The third-order valence-corrected chi connectivity index (χ3v) is 2.14. The molecular formula is C7H15N3OS. The van der Waals surface area contributed by atoms with Gasteiger partial charge in [0.25, 0.3) is 0 Å². The van der Waals surface area contributed by atoms with Crippen LogP contribution in [0.25, 0.3) is 0 Å². The topological polar surface area (TPSA) is 67.2 Å². The minimum atomic E-state index is -0.332. The van der Waals surface area contributed by atoms with Gasteiger partial charge in [-0.05, 0) is 0 Å². The Kier molecular flexibility index (Phi) is 3.95. The predicted molar refractivity (Wildman–Crippen MR) is 53.0 cm³/mol. The number of hydrogen-bond donors (Lipinski definition) is 3. The number of thiocarbonyl (C=S) groups is 1. The van der Waals surface area contributed by atoms with Gasteiger partial charge >= 0.3 is 6.03 Å². The Morgan fingerprint density at radius 2 is 2.08 bits per heavy atom. The van der Waals surface area contributed by atoms with Crippen molar-refractivity contribution in [3.63, 3.8) is 0 Å². The van der Waals surface area contributed by atoms with E-state index in [1.807, 2.05) is 13.8 Å². The maximum Gasteiger partial charge on any atom is 0.314 e. The van der Waals surface area contributed by atoms with Crippen molar-refractivity contribution in [1.29, 1.82) is 0 Å². The lowest BCUT2D eigenvalue weighted by atomic mass is 9.94. The van der Waals surface area contributed by atoms with E-state index in [0.717, 1.165) is 0 Å². The van der Waals surface area contributed by atoms with Crippen LogP contribution in [0.15, 0.2) is 0 Å². The van der Waals surface area contributed by atoms with Crippen molar-refractivity contribution in [2.45, 2.75) is 13.8 Å². The van der Waals surface area contributed by atoms with E-state index >= 15 is 0 Å². The van der Waals surface area contributed by atoms with E-state index in [9.17, 15) is 4.79 Å². The first-order valence-electron chi connectivity index (χ1n) is 3.65. The van der Waals surface area contributed by atoms with Gasteiger partial charge in [-0.1, -0.05) is 26.1 Å². The number of nitrogens with two attached hydrogens (primary N) is 1. The summed E-state index contributed by atoms with van der Waals surface area (Å²) in [6, 6.07) is -0.223. The number of urea groups is 1. The van der Waals surface area contributed by atoms with E-state index in [-0.39, 0.29) is 11.4 Å². The summed E-state index contributed by atoms with van der Waals surface area (Å²) in [5.41, 5.74) is 5.13. The van der Waals surface area contributed by atoms with Gasteiger partial charge in [-0.15, -0.1) is 0 Å². The number of carbonyl (C=O) groups is 1. The van der Waals surface area contributed by atoms with Crippen LogP contribution < -0.4 is 16.4 Å². The Bertz CT molecular complexity index is 191. The molecule has 70 valence electrons. The van der Waals surface area contributed by atoms with Crippen LogP contribution in [0.4, 0.5) is 4.79 Å². The van der Waals surface area contributed by atoms with Crippen LogP contribution in [-0.4, -0.2) is 24.6 Å². The molecule has 4 nitrogen and oxygen atoms in total. The van der Waals surface area contributed by atoms with Crippen LogP contribution in [-0.2, 0) is 0 Å². The Morgan fingerprint density at radius 3 is 2.42 bits per heavy atom. The van der Waals surface area contributed by atoms with Gasteiger partial charge < -0.3 is 16.4 Å². The van der Waals surface area contributed by atoms with E-state index in [0.29, 0.717) is 11.5 Å². The summed E-state index contributed by atoms with van der Waals surface area (Å²) in [5.74, 6) is 0. The van der Waals surface area contributed by atoms with Gasteiger partial charge in [0.05, 0.1) is 4.99 Å². The Hall–Kier alpha value is -0.840. The van der Waals surface area contributed by atoms with Crippen molar-refractivity contribution in [1.82, 2.24) is 10.6 Å². The SMILES string of the molecule is CNC(=O)NCC(C)(C)C(N)=S. The Balaban J connectivity index is 3.92. The summed E-state index contributed by atoms with van der Waals surface area (Å²) in [7, 11) is 1.56. The fourth-order valence-electron chi connectivity index (χ4n) is 0.477. The van der Waals surface area contributed by atoms with E-state index in [1.54, 1.807) is 7.05 Å². The molecule has 0 saturated heterocycles. The molecule has 5 heteroatoms. The van der Waals surface area contributed by atoms with Gasteiger partial charge in [0.15, 0.2) is 0 Å². The first kappa shape index (κ1) is 11.2. The Labute approximate surface area is 77.9 Å². The number of rotatable bonds is 3. The predicted octanol–water partition coefficient (Wildman–Crippen LogP) is 0.228. The number of amides is 2. The van der Waals surface area contributed by atoms with Gasteiger partial charge in [-0.3, -0.25) is 0 Å². The average molecular weight is 189 g/mol. The highest BCUT2D eigenvalue weighted by atomic mass is 32.1. The highest BCUT2D eigenvalue weighted by molar-refractivity contribution is 7.80. The summed E-state index contributed by atoms with van der Waals surface area (Å²) >= 11 is 4.83. The lowest BCUT2D eigenvalue weighted by Gasteiger charge is -2.22. The van der Waals surface area contributed by atoms with E-state index in [1.165, 1.54) is 0 Å². The van der Waals surface area contributed by atoms with Crippen molar-refractivity contribution in [3.05, 3.63) is 0 Å². The van der Waals surface area contributed by atoms with Crippen LogP contribution in [0.1, 0.15) is 13.8 Å². The van der Waals surface area contributed by atoms with E-state index in [2.05, 4.69) is 10.6 Å². The van der Waals surface area contributed by atoms with E-state index in [4.69, 9.17) is 18.0 Å². The molecule has 0 rings (SSSR count). The molecule has 0 unspecified atom stereocenters. The molecule has 0 fully saturated rings. The van der Waals surface area contributed by atoms with Gasteiger partial charge in [0, 0.05) is 19.0 Å². The molecule has 4 N–H and O–H groups in total. The normalized spacial score (nSPS) is 10.6. The number of hydrogen-bond acceptors (Lipinski definition) is 2. The zero-order valence-electron chi connectivity index (χ0n) is 7.60. The molecule has 0 aromatic rings. The lowest BCUT2D eigenvalue weighted by molar-refractivity contribution is 0.240. The molecule has 0 aliphatic heterocycles. The van der Waals surface area contributed by atoms with Crippen molar-refractivity contribution < 1.29 is 4.79 Å². The molecule has 0 bridgehead atoms. The summed E-state index contributed by atoms with van der Waals surface area (Å²) in [4.78, 5) is 11.2. The molecule has 12 heavy (non-hydrogen) atoms. The van der Waals surface area contributed by atoms with Crippen LogP contribution >= 0.6 is 12.2 Å². The smallest absolute Gasteiger partial charge is 0.314 e. The largest absolute Gasteiger partial charge is 0.393 e. The zero-order chi connectivity index (χ0) is 9.78. The van der Waals surface area contributed by atoms with Crippen molar-refractivity contribution in [2.75, 3.05) is 13.6 Å². The second kappa shape index (κ2) is 4.25. The molecule has 2 amide bonds. The van der Waals surface area contributed by atoms with Crippen molar-refractivity contribution in [3.8, 4) is 0 Å².